The summed E-state index contributed by atoms with van der Waals surface area (Å²) in [6.45, 7) is 4.66. The molecular weight excluding hydrogens is 208 g/mol. The first kappa shape index (κ1) is 14.9. The van der Waals surface area contributed by atoms with Crippen molar-refractivity contribution in [3.63, 3.8) is 0 Å². The van der Waals surface area contributed by atoms with Crippen molar-refractivity contribution in [2.75, 3.05) is 13.1 Å². The largest absolute Gasteiger partial charge is 0.481 e. The van der Waals surface area contributed by atoms with Gasteiger partial charge in [0.2, 0.25) is 5.91 Å². The lowest BCUT2D eigenvalue weighted by Crippen LogP contribution is -2.33. The highest BCUT2D eigenvalue weighted by Gasteiger charge is 2.14. The fraction of sp³-hybridized carbons (Fsp3) is 0.818. The Balaban J connectivity index is 3.74. The molecular formula is C11H22N2O3. The van der Waals surface area contributed by atoms with Gasteiger partial charge in [-0.05, 0) is 25.3 Å². The van der Waals surface area contributed by atoms with E-state index in [0.29, 0.717) is 13.1 Å². The van der Waals surface area contributed by atoms with Crippen LogP contribution in [0.2, 0.25) is 0 Å². The van der Waals surface area contributed by atoms with Crippen molar-refractivity contribution in [1.82, 2.24) is 5.32 Å². The van der Waals surface area contributed by atoms with Crippen LogP contribution < -0.4 is 11.1 Å². The first-order valence-corrected chi connectivity index (χ1v) is 5.67. The van der Waals surface area contributed by atoms with Crippen molar-refractivity contribution in [3.8, 4) is 0 Å². The molecule has 16 heavy (non-hydrogen) atoms. The second kappa shape index (κ2) is 8.10. The number of rotatable bonds is 8. The molecule has 0 aromatic carbocycles. The normalized spacial score (nSPS) is 14.2. The Morgan fingerprint density at radius 1 is 1.38 bits per heavy atom. The molecule has 0 rings (SSSR count). The van der Waals surface area contributed by atoms with Gasteiger partial charge in [0.1, 0.15) is 0 Å². The number of carboxylic acids is 1. The van der Waals surface area contributed by atoms with Gasteiger partial charge in [0.15, 0.2) is 0 Å². The van der Waals surface area contributed by atoms with Gasteiger partial charge < -0.3 is 16.2 Å². The molecule has 0 bridgehead atoms. The molecule has 0 heterocycles. The summed E-state index contributed by atoms with van der Waals surface area (Å²) < 4.78 is 0. The minimum Gasteiger partial charge on any atom is -0.481 e. The van der Waals surface area contributed by atoms with E-state index in [1.54, 1.807) is 6.92 Å². The first-order valence-electron chi connectivity index (χ1n) is 5.67. The monoisotopic (exact) mass is 230 g/mol. The second-order valence-electron chi connectivity index (χ2n) is 4.28. The van der Waals surface area contributed by atoms with Gasteiger partial charge in [-0.1, -0.05) is 13.8 Å². The number of hydrogen-bond acceptors (Lipinski definition) is 3. The van der Waals surface area contributed by atoms with Crippen molar-refractivity contribution in [3.05, 3.63) is 0 Å². The molecule has 0 spiro atoms. The van der Waals surface area contributed by atoms with E-state index < -0.39 is 5.97 Å². The SMILES string of the molecule is CC(CNC(=O)C(C)CCCN)CC(=O)O. The lowest BCUT2D eigenvalue weighted by atomic mass is 10.0. The van der Waals surface area contributed by atoms with Crippen LogP contribution in [0.15, 0.2) is 0 Å². The Morgan fingerprint density at radius 3 is 2.50 bits per heavy atom. The third kappa shape index (κ3) is 7.23. The van der Waals surface area contributed by atoms with Gasteiger partial charge in [0.25, 0.3) is 0 Å². The maximum Gasteiger partial charge on any atom is 0.303 e. The number of carbonyl (C=O) groups excluding carboxylic acids is 1. The van der Waals surface area contributed by atoms with E-state index >= 15 is 0 Å². The number of nitrogens with one attached hydrogen (secondary N) is 1. The van der Waals surface area contributed by atoms with Gasteiger partial charge in [0, 0.05) is 18.9 Å². The summed E-state index contributed by atoms with van der Waals surface area (Å²) in [5, 5.41) is 11.3. The van der Waals surface area contributed by atoms with Gasteiger partial charge in [-0.25, -0.2) is 0 Å². The number of nitrogens with two attached hydrogens (primary N) is 1. The summed E-state index contributed by atoms with van der Waals surface area (Å²) in [6, 6.07) is 0. The third-order valence-electron chi connectivity index (χ3n) is 2.44. The zero-order valence-electron chi connectivity index (χ0n) is 10.0. The standard InChI is InChI=1S/C11H22N2O3/c1-8(6-10(14)15)7-13-11(16)9(2)4-3-5-12/h8-9H,3-7,12H2,1-2H3,(H,13,16)(H,14,15). The van der Waals surface area contributed by atoms with Gasteiger partial charge >= 0.3 is 5.97 Å². The molecule has 94 valence electrons. The zero-order chi connectivity index (χ0) is 12.6. The van der Waals surface area contributed by atoms with Crippen molar-refractivity contribution in [2.45, 2.75) is 33.1 Å². The van der Waals surface area contributed by atoms with Crippen LogP contribution in [0.25, 0.3) is 0 Å². The first-order chi connectivity index (χ1) is 7.47. The van der Waals surface area contributed by atoms with Crippen LogP contribution in [-0.2, 0) is 9.59 Å². The smallest absolute Gasteiger partial charge is 0.303 e. The molecule has 0 fully saturated rings. The van der Waals surface area contributed by atoms with Crippen molar-refractivity contribution >= 4 is 11.9 Å². The minimum atomic E-state index is -0.835. The molecule has 1 amide bonds. The minimum absolute atomic E-state index is 0.0225. The van der Waals surface area contributed by atoms with E-state index in [-0.39, 0.29) is 24.2 Å². The lowest BCUT2D eigenvalue weighted by Gasteiger charge is -2.14. The van der Waals surface area contributed by atoms with E-state index in [0.717, 1.165) is 12.8 Å². The molecule has 0 aliphatic rings. The molecule has 0 aromatic rings. The zero-order valence-corrected chi connectivity index (χ0v) is 10.0. The van der Waals surface area contributed by atoms with Crippen LogP contribution in [0.4, 0.5) is 0 Å². The summed E-state index contributed by atoms with van der Waals surface area (Å²) in [4.78, 5) is 21.9. The van der Waals surface area contributed by atoms with Crippen molar-refractivity contribution in [1.29, 1.82) is 0 Å². The predicted octanol–water partition coefficient (Wildman–Crippen LogP) is 0.588. The van der Waals surface area contributed by atoms with Crippen LogP contribution in [0.5, 0.6) is 0 Å². The molecule has 0 radical (unpaired) electrons. The Morgan fingerprint density at radius 2 is 2.00 bits per heavy atom. The molecule has 2 atom stereocenters. The number of amides is 1. The van der Waals surface area contributed by atoms with E-state index in [1.165, 1.54) is 0 Å². The summed E-state index contributed by atoms with van der Waals surface area (Å²) >= 11 is 0. The average Bonchev–Trinajstić information content (AvgIpc) is 2.21. The van der Waals surface area contributed by atoms with E-state index in [1.807, 2.05) is 6.92 Å². The Hall–Kier alpha value is -1.10. The fourth-order valence-electron chi connectivity index (χ4n) is 1.37. The van der Waals surface area contributed by atoms with Crippen LogP contribution in [0.1, 0.15) is 33.1 Å². The molecule has 0 saturated carbocycles. The number of aliphatic carboxylic acids is 1. The quantitative estimate of drug-likeness (QED) is 0.569. The van der Waals surface area contributed by atoms with Gasteiger partial charge in [-0.2, -0.15) is 0 Å². The molecule has 5 heteroatoms. The third-order valence-corrected chi connectivity index (χ3v) is 2.44. The molecule has 0 aliphatic heterocycles. The highest BCUT2D eigenvalue weighted by atomic mass is 16.4. The van der Waals surface area contributed by atoms with Gasteiger partial charge in [0.05, 0.1) is 0 Å². The topological polar surface area (TPSA) is 92.4 Å². The maximum absolute atomic E-state index is 11.5. The Kier molecular flexibility index (Phi) is 7.54. The maximum atomic E-state index is 11.5. The Bertz CT molecular complexity index is 231. The summed E-state index contributed by atoms with van der Waals surface area (Å²) in [5.74, 6) is -0.952. The molecule has 0 saturated heterocycles. The molecule has 4 N–H and O–H groups in total. The van der Waals surface area contributed by atoms with Crippen LogP contribution in [0.3, 0.4) is 0 Å². The second-order valence-corrected chi connectivity index (χ2v) is 4.28. The Labute approximate surface area is 96.4 Å². The van der Waals surface area contributed by atoms with Crippen LogP contribution >= 0.6 is 0 Å². The molecule has 2 unspecified atom stereocenters. The van der Waals surface area contributed by atoms with Crippen LogP contribution in [0, 0.1) is 11.8 Å². The van der Waals surface area contributed by atoms with Gasteiger partial charge in [-0.3, -0.25) is 9.59 Å². The van der Waals surface area contributed by atoms with Gasteiger partial charge in [-0.15, -0.1) is 0 Å². The molecule has 5 nitrogen and oxygen atoms in total. The molecule has 0 aromatic heterocycles. The number of hydrogen-bond donors (Lipinski definition) is 3. The predicted molar refractivity (Wildman–Crippen MR) is 61.9 cm³/mol. The summed E-state index contributed by atoms with van der Waals surface area (Å²) in [5.41, 5.74) is 5.36. The molecule has 0 aliphatic carbocycles. The summed E-state index contributed by atoms with van der Waals surface area (Å²) in [6.07, 6.45) is 1.69. The van der Waals surface area contributed by atoms with E-state index in [9.17, 15) is 9.59 Å². The number of carbonyl (C=O) groups is 2. The fourth-order valence-corrected chi connectivity index (χ4v) is 1.37. The lowest BCUT2D eigenvalue weighted by molar-refractivity contribution is -0.138. The highest BCUT2D eigenvalue weighted by Crippen LogP contribution is 2.05. The van der Waals surface area contributed by atoms with Crippen LogP contribution in [-0.4, -0.2) is 30.1 Å². The highest BCUT2D eigenvalue weighted by molar-refractivity contribution is 5.78. The van der Waals surface area contributed by atoms with E-state index in [4.69, 9.17) is 10.8 Å². The van der Waals surface area contributed by atoms with E-state index in [2.05, 4.69) is 5.32 Å². The average molecular weight is 230 g/mol. The van der Waals surface area contributed by atoms with Crippen molar-refractivity contribution < 1.29 is 14.7 Å². The van der Waals surface area contributed by atoms with Crippen molar-refractivity contribution in [2.24, 2.45) is 17.6 Å². The number of carboxylic acid groups (broad SMARTS) is 1. The summed E-state index contributed by atoms with van der Waals surface area (Å²) in [7, 11) is 0.